The molecule has 3 atom stereocenters. The lowest BCUT2D eigenvalue weighted by Gasteiger charge is -2.42. The molecule has 0 aromatic carbocycles. The van der Waals surface area contributed by atoms with Gasteiger partial charge in [0.05, 0.1) is 0 Å². The van der Waals surface area contributed by atoms with E-state index in [-0.39, 0.29) is 12.0 Å². The summed E-state index contributed by atoms with van der Waals surface area (Å²) in [5.41, 5.74) is -0.611. The molecule has 0 bridgehead atoms. The standard InChI is InChI=1S/C13H23NO4/c1-8-6-7-9(2)14(10(8)11(15)16)12(17)18-13(3,4)5/h8-10H,6-7H2,1-5H3,(H,15,16). The van der Waals surface area contributed by atoms with Crippen molar-refractivity contribution in [1.29, 1.82) is 0 Å². The lowest BCUT2D eigenvalue weighted by atomic mass is 9.87. The van der Waals surface area contributed by atoms with Gasteiger partial charge in [0.15, 0.2) is 0 Å². The molecule has 5 heteroatoms. The molecule has 1 N–H and O–H groups in total. The van der Waals surface area contributed by atoms with Crippen LogP contribution in [0.2, 0.25) is 0 Å². The fourth-order valence-corrected chi connectivity index (χ4v) is 2.32. The van der Waals surface area contributed by atoms with E-state index in [4.69, 9.17) is 4.74 Å². The van der Waals surface area contributed by atoms with Crippen molar-refractivity contribution in [3.8, 4) is 0 Å². The Bertz CT molecular complexity index is 334. The van der Waals surface area contributed by atoms with Gasteiger partial charge >= 0.3 is 12.1 Å². The van der Waals surface area contributed by atoms with Crippen LogP contribution in [-0.2, 0) is 9.53 Å². The number of rotatable bonds is 1. The average Bonchev–Trinajstić information content (AvgIpc) is 2.17. The first-order valence-electron chi connectivity index (χ1n) is 6.37. The first-order chi connectivity index (χ1) is 8.13. The summed E-state index contributed by atoms with van der Waals surface area (Å²) in [5, 5.41) is 9.29. The first kappa shape index (κ1) is 14.8. The number of amides is 1. The Kier molecular flexibility index (Phi) is 4.24. The van der Waals surface area contributed by atoms with Crippen LogP contribution < -0.4 is 0 Å². The molecule has 0 aromatic heterocycles. The minimum Gasteiger partial charge on any atom is -0.480 e. The second-order valence-corrected chi connectivity index (χ2v) is 6.07. The number of carbonyl (C=O) groups is 2. The van der Waals surface area contributed by atoms with Crippen LogP contribution in [0.5, 0.6) is 0 Å². The molecule has 1 rings (SSSR count). The number of aliphatic carboxylic acids is 1. The SMILES string of the molecule is CC1CCC(C)N(C(=O)OC(C)(C)C)C1C(=O)O. The molecule has 1 fully saturated rings. The van der Waals surface area contributed by atoms with E-state index in [1.54, 1.807) is 20.8 Å². The first-order valence-corrected chi connectivity index (χ1v) is 6.37. The minimum atomic E-state index is -0.958. The summed E-state index contributed by atoms with van der Waals surface area (Å²) < 4.78 is 5.30. The van der Waals surface area contributed by atoms with Crippen molar-refractivity contribution in [2.75, 3.05) is 0 Å². The molecular weight excluding hydrogens is 234 g/mol. The number of nitrogens with zero attached hydrogens (tertiary/aromatic N) is 1. The molecule has 0 radical (unpaired) electrons. The predicted octanol–water partition coefficient (Wildman–Crippen LogP) is 2.50. The summed E-state index contributed by atoms with van der Waals surface area (Å²) in [4.78, 5) is 24.8. The second kappa shape index (κ2) is 5.16. The van der Waals surface area contributed by atoms with Crippen LogP contribution in [0, 0.1) is 5.92 Å². The third-order valence-electron chi connectivity index (χ3n) is 3.21. The largest absolute Gasteiger partial charge is 0.480 e. The van der Waals surface area contributed by atoms with Crippen molar-refractivity contribution in [1.82, 2.24) is 4.90 Å². The fraction of sp³-hybridized carbons (Fsp3) is 0.846. The quantitative estimate of drug-likeness (QED) is 0.783. The molecule has 1 amide bonds. The number of piperidine rings is 1. The summed E-state index contributed by atoms with van der Waals surface area (Å²) in [7, 11) is 0. The third kappa shape index (κ3) is 3.37. The molecule has 1 heterocycles. The lowest BCUT2D eigenvalue weighted by Crippen LogP contribution is -2.56. The van der Waals surface area contributed by atoms with E-state index in [1.165, 1.54) is 4.90 Å². The molecule has 3 unspecified atom stereocenters. The summed E-state index contributed by atoms with van der Waals surface area (Å²) in [6.07, 6.45) is 1.09. The number of hydrogen-bond donors (Lipinski definition) is 1. The van der Waals surface area contributed by atoms with Crippen LogP contribution in [0.15, 0.2) is 0 Å². The lowest BCUT2D eigenvalue weighted by molar-refractivity contribution is -0.148. The van der Waals surface area contributed by atoms with Crippen LogP contribution in [0.25, 0.3) is 0 Å². The number of ether oxygens (including phenoxy) is 1. The van der Waals surface area contributed by atoms with Crippen LogP contribution in [-0.4, -0.2) is 39.8 Å². The van der Waals surface area contributed by atoms with E-state index in [1.807, 2.05) is 13.8 Å². The monoisotopic (exact) mass is 257 g/mol. The zero-order valence-corrected chi connectivity index (χ0v) is 11.8. The minimum absolute atomic E-state index is 0.0498. The summed E-state index contributed by atoms with van der Waals surface area (Å²) >= 11 is 0. The van der Waals surface area contributed by atoms with Crippen molar-refractivity contribution < 1.29 is 19.4 Å². The topological polar surface area (TPSA) is 66.8 Å². The van der Waals surface area contributed by atoms with E-state index < -0.39 is 23.7 Å². The zero-order chi connectivity index (χ0) is 14.1. The average molecular weight is 257 g/mol. The normalized spacial score (nSPS) is 28.9. The molecule has 0 aliphatic carbocycles. The van der Waals surface area contributed by atoms with Gasteiger partial charge in [-0.05, 0) is 46.5 Å². The molecular formula is C13H23NO4. The molecule has 0 spiro atoms. The molecule has 5 nitrogen and oxygen atoms in total. The van der Waals surface area contributed by atoms with Gasteiger partial charge in [0.25, 0.3) is 0 Å². The molecule has 18 heavy (non-hydrogen) atoms. The summed E-state index contributed by atoms with van der Waals surface area (Å²) in [5.74, 6) is -1.01. The van der Waals surface area contributed by atoms with E-state index in [2.05, 4.69) is 0 Å². The Balaban J connectivity index is 2.92. The highest BCUT2D eigenvalue weighted by Gasteiger charge is 2.42. The second-order valence-electron chi connectivity index (χ2n) is 6.07. The van der Waals surface area contributed by atoms with Crippen molar-refractivity contribution in [3.05, 3.63) is 0 Å². The van der Waals surface area contributed by atoms with Gasteiger partial charge in [0, 0.05) is 6.04 Å². The number of likely N-dealkylation sites (tertiary alicyclic amines) is 1. The number of carboxylic acids is 1. The summed E-state index contributed by atoms with van der Waals surface area (Å²) in [6, 6.07) is -0.888. The fourth-order valence-electron chi connectivity index (χ4n) is 2.32. The van der Waals surface area contributed by atoms with E-state index in [0.717, 1.165) is 12.8 Å². The van der Waals surface area contributed by atoms with Gasteiger partial charge in [0.2, 0.25) is 0 Å². The predicted molar refractivity (Wildman–Crippen MR) is 67.4 cm³/mol. The maximum absolute atomic E-state index is 12.1. The van der Waals surface area contributed by atoms with Crippen molar-refractivity contribution >= 4 is 12.1 Å². The van der Waals surface area contributed by atoms with Crippen LogP contribution in [0.4, 0.5) is 4.79 Å². The highest BCUT2D eigenvalue weighted by atomic mass is 16.6. The molecule has 104 valence electrons. The Labute approximate surface area is 108 Å². The number of carboxylic acid groups (broad SMARTS) is 1. The van der Waals surface area contributed by atoms with Gasteiger partial charge < -0.3 is 9.84 Å². The van der Waals surface area contributed by atoms with Gasteiger partial charge in [-0.2, -0.15) is 0 Å². The van der Waals surface area contributed by atoms with Crippen molar-refractivity contribution in [3.63, 3.8) is 0 Å². The van der Waals surface area contributed by atoms with Gasteiger partial charge in [0.1, 0.15) is 11.6 Å². The molecule has 0 saturated carbocycles. The zero-order valence-electron chi connectivity index (χ0n) is 11.8. The summed E-state index contributed by atoms with van der Waals surface area (Å²) in [6.45, 7) is 9.06. The molecule has 1 saturated heterocycles. The Morgan fingerprint density at radius 1 is 1.22 bits per heavy atom. The van der Waals surface area contributed by atoms with E-state index >= 15 is 0 Å². The van der Waals surface area contributed by atoms with Crippen molar-refractivity contribution in [2.24, 2.45) is 5.92 Å². The highest BCUT2D eigenvalue weighted by molar-refractivity contribution is 5.81. The van der Waals surface area contributed by atoms with E-state index in [9.17, 15) is 14.7 Å². The van der Waals surface area contributed by atoms with Crippen LogP contribution in [0.1, 0.15) is 47.5 Å². The Hall–Kier alpha value is -1.26. The van der Waals surface area contributed by atoms with E-state index in [0.29, 0.717) is 0 Å². The third-order valence-corrected chi connectivity index (χ3v) is 3.21. The highest BCUT2D eigenvalue weighted by Crippen LogP contribution is 2.29. The molecule has 1 aliphatic rings. The van der Waals surface area contributed by atoms with Crippen molar-refractivity contribution in [2.45, 2.75) is 65.1 Å². The number of hydrogen-bond acceptors (Lipinski definition) is 3. The van der Waals surface area contributed by atoms with Crippen LogP contribution >= 0.6 is 0 Å². The van der Waals surface area contributed by atoms with Gasteiger partial charge in [-0.3, -0.25) is 4.90 Å². The van der Waals surface area contributed by atoms with Crippen LogP contribution in [0.3, 0.4) is 0 Å². The maximum Gasteiger partial charge on any atom is 0.411 e. The van der Waals surface area contributed by atoms with Gasteiger partial charge in [-0.25, -0.2) is 9.59 Å². The number of carbonyl (C=O) groups excluding carboxylic acids is 1. The smallest absolute Gasteiger partial charge is 0.411 e. The Morgan fingerprint density at radius 3 is 2.22 bits per heavy atom. The van der Waals surface area contributed by atoms with Gasteiger partial charge in [-0.15, -0.1) is 0 Å². The van der Waals surface area contributed by atoms with Gasteiger partial charge in [-0.1, -0.05) is 6.92 Å². The maximum atomic E-state index is 12.1. The Morgan fingerprint density at radius 2 is 1.78 bits per heavy atom. The molecule has 0 aromatic rings. The molecule has 1 aliphatic heterocycles.